The first kappa shape index (κ1) is 13.4. The Hall–Kier alpha value is -1.60. The number of anilines is 2. The lowest BCUT2D eigenvalue weighted by Gasteiger charge is -2.26. The first-order valence-corrected chi connectivity index (χ1v) is 8.23. The molecule has 0 spiro atoms. The molecule has 0 unspecified atom stereocenters. The van der Waals surface area contributed by atoms with E-state index in [4.69, 9.17) is 5.73 Å². The number of amides is 1. The monoisotopic (exact) mass is 308 g/mol. The third-order valence-corrected chi connectivity index (χ3v) is 5.31. The first-order chi connectivity index (χ1) is 9.69. The molecule has 1 aliphatic rings. The molecule has 3 N–H and O–H groups in total. The summed E-state index contributed by atoms with van der Waals surface area (Å²) >= 11 is 3.10. The predicted molar refractivity (Wildman–Crippen MR) is 83.5 cm³/mol. The topological polar surface area (TPSA) is 71.2 Å². The van der Waals surface area contributed by atoms with Gasteiger partial charge in [0.05, 0.1) is 0 Å². The molecule has 0 aliphatic carbocycles. The quantitative estimate of drug-likeness (QED) is 0.913. The van der Waals surface area contributed by atoms with Crippen LogP contribution < -0.4 is 11.1 Å². The van der Waals surface area contributed by atoms with Crippen molar-refractivity contribution < 1.29 is 4.79 Å². The van der Waals surface area contributed by atoms with Gasteiger partial charge in [0, 0.05) is 24.5 Å². The van der Waals surface area contributed by atoms with Gasteiger partial charge in [-0.25, -0.2) is 4.98 Å². The normalized spacial score (nSPS) is 14.2. The number of thiazole rings is 1. The molecule has 0 radical (unpaired) electrons. The average Bonchev–Trinajstić information content (AvgIpc) is 3.04. The molecule has 3 heterocycles. The van der Waals surface area contributed by atoms with Crippen molar-refractivity contribution in [3.8, 4) is 0 Å². The van der Waals surface area contributed by atoms with Crippen LogP contribution in [0.1, 0.15) is 27.0 Å². The molecular formula is C13H16N4OS2. The average molecular weight is 308 g/mol. The Kier molecular flexibility index (Phi) is 3.62. The standard InChI is InChI=1S/C13H16N4OS2/c1-2-15-13-16-11(14)10(20-13)12(18)17-5-3-9-8(7-17)4-6-19-9/h4,6H,2-3,5,7,14H2,1H3,(H,15,16). The molecule has 7 heteroatoms. The van der Waals surface area contributed by atoms with E-state index in [0.717, 1.165) is 19.5 Å². The summed E-state index contributed by atoms with van der Waals surface area (Å²) in [6.07, 6.45) is 0.928. The molecule has 0 fully saturated rings. The van der Waals surface area contributed by atoms with Crippen molar-refractivity contribution in [2.24, 2.45) is 0 Å². The molecule has 3 rings (SSSR count). The van der Waals surface area contributed by atoms with Gasteiger partial charge < -0.3 is 16.0 Å². The smallest absolute Gasteiger partial charge is 0.268 e. The summed E-state index contributed by atoms with van der Waals surface area (Å²) < 4.78 is 0. The molecule has 106 valence electrons. The van der Waals surface area contributed by atoms with Gasteiger partial charge >= 0.3 is 0 Å². The molecule has 2 aromatic heterocycles. The minimum absolute atomic E-state index is 0.0130. The number of nitrogens with one attached hydrogen (secondary N) is 1. The van der Waals surface area contributed by atoms with E-state index in [2.05, 4.69) is 21.7 Å². The maximum absolute atomic E-state index is 12.6. The van der Waals surface area contributed by atoms with E-state index in [1.165, 1.54) is 21.8 Å². The van der Waals surface area contributed by atoms with Crippen LogP contribution in [0.4, 0.5) is 10.9 Å². The Morgan fingerprint density at radius 3 is 3.25 bits per heavy atom. The zero-order chi connectivity index (χ0) is 14.1. The first-order valence-electron chi connectivity index (χ1n) is 6.53. The third-order valence-electron chi connectivity index (χ3n) is 3.27. The Morgan fingerprint density at radius 1 is 1.60 bits per heavy atom. The van der Waals surface area contributed by atoms with Crippen molar-refractivity contribution >= 4 is 39.5 Å². The van der Waals surface area contributed by atoms with E-state index in [-0.39, 0.29) is 5.91 Å². The molecule has 2 aromatic rings. The maximum atomic E-state index is 12.6. The molecule has 0 saturated carbocycles. The minimum Gasteiger partial charge on any atom is -0.382 e. The second-order valence-corrected chi connectivity index (χ2v) is 6.61. The molecule has 5 nitrogen and oxygen atoms in total. The van der Waals surface area contributed by atoms with Crippen molar-refractivity contribution in [2.75, 3.05) is 24.1 Å². The molecule has 20 heavy (non-hydrogen) atoms. The number of aromatic nitrogens is 1. The lowest BCUT2D eigenvalue weighted by molar-refractivity contribution is 0.0741. The summed E-state index contributed by atoms with van der Waals surface area (Å²) in [5.74, 6) is 0.313. The second kappa shape index (κ2) is 5.41. The largest absolute Gasteiger partial charge is 0.382 e. The van der Waals surface area contributed by atoms with Crippen LogP contribution >= 0.6 is 22.7 Å². The number of thiophene rings is 1. The zero-order valence-electron chi connectivity index (χ0n) is 11.2. The van der Waals surface area contributed by atoms with Crippen molar-refractivity contribution in [3.05, 3.63) is 26.8 Å². The number of rotatable bonds is 3. The fraction of sp³-hybridized carbons (Fsp3) is 0.385. The van der Waals surface area contributed by atoms with E-state index in [1.54, 1.807) is 11.3 Å². The molecule has 0 atom stereocenters. The minimum atomic E-state index is -0.0130. The van der Waals surface area contributed by atoms with E-state index in [9.17, 15) is 4.79 Å². The third kappa shape index (κ3) is 2.38. The molecule has 1 aliphatic heterocycles. The summed E-state index contributed by atoms with van der Waals surface area (Å²) in [5.41, 5.74) is 7.12. The molecule has 0 bridgehead atoms. The number of carbonyl (C=O) groups excluding carboxylic acids is 1. The molecule has 0 saturated heterocycles. The van der Waals surface area contributed by atoms with Crippen molar-refractivity contribution in [3.63, 3.8) is 0 Å². The number of nitrogens with two attached hydrogens (primary N) is 1. The molecule has 1 amide bonds. The highest BCUT2D eigenvalue weighted by Crippen LogP contribution is 2.29. The highest BCUT2D eigenvalue weighted by molar-refractivity contribution is 7.18. The predicted octanol–water partition coefficient (Wildman–Crippen LogP) is 2.42. The second-order valence-electron chi connectivity index (χ2n) is 4.61. The van der Waals surface area contributed by atoms with Crippen molar-refractivity contribution in [2.45, 2.75) is 19.9 Å². The molecular weight excluding hydrogens is 292 g/mol. The summed E-state index contributed by atoms with van der Waals surface area (Å²) in [7, 11) is 0. The summed E-state index contributed by atoms with van der Waals surface area (Å²) in [4.78, 5) is 20.5. The Bertz CT molecular complexity index is 634. The van der Waals surface area contributed by atoms with Crippen LogP contribution in [0.15, 0.2) is 11.4 Å². The van der Waals surface area contributed by atoms with Crippen molar-refractivity contribution in [1.82, 2.24) is 9.88 Å². The SMILES string of the molecule is CCNc1nc(N)c(C(=O)N2CCc3sccc3C2)s1. The Balaban J connectivity index is 1.80. The van der Waals surface area contributed by atoms with Crippen LogP contribution in [-0.4, -0.2) is 28.9 Å². The number of fused-ring (bicyclic) bond motifs is 1. The van der Waals surface area contributed by atoms with Gasteiger partial charge in [0.2, 0.25) is 0 Å². The van der Waals surface area contributed by atoms with Crippen LogP contribution in [0.2, 0.25) is 0 Å². The van der Waals surface area contributed by atoms with Gasteiger partial charge in [0.25, 0.3) is 5.91 Å². The van der Waals surface area contributed by atoms with Gasteiger partial charge in [-0.15, -0.1) is 11.3 Å². The molecule has 0 aromatic carbocycles. The van der Waals surface area contributed by atoms with Gasteiger partial charge in [-0.05, 0) is 30.4 Å². The van der Waals surface area contributed by atoms with E-state index >= 15 is 0 Å². The Morgan fingerprint density at radius 2 is 2.45 bits per heavy atom. The van der Waals surface area contributed by atoms with E-state index in [0.29, 0.717) is 22.4 Å². The summed E-state index contributed by atoms with van der Waals surface area (Å²) in [6, 6.07) is 2.10. The Labute approximate surface area is 125 Å². The van der Waals surface area contributed by atoms with E-state index < -0.39 is 0 Å². The van der Waals surface area contributed by atoms with Gasteiger partial charge in [-0.3, -0.25) is 4.79 Å². The fourth-order valence-electron chi connectivity index (χ4n) is 2.28. The number of nitrogen functional groups attached to an aromatic ring is 1. The zero-order valence-corrected chi connectivity index (χ0v) is 12.8. The number of hydrogen-bond donors (Lipinski definition) is 2. The highest BCUT2D eigenvalue weighted by Gasteiger charge is 2.26. The van der Waals surface area contributed by atoms with Gasteiger partial charge in [0.1, 0.15) is 10.7 Å². The summed E-state index contributed by atoms with van der Waals surface area (Å²) in [6.45, 7) is 4.18. The van der Waals surface area contributed by atoms with Gasteiger partial charge in [0.15, 0.2) is 5.13 Å². The lowest BCUT2D eigenvalue weighted by atomic mass is 10.1. The lowest BCUT2D eigenvalue weighted by Crippen LogP contribution is -2.35. The van der Waals surface area contributed by atoms with E-state index in [1.807, 2.05) is 11.8 Å². The number of carbonyl (C=O) groups is 1. The highest BCUT2D eigenvalue weighted by atomic mass is 32.1. The number of nitrogens with zero attached hydrogens (tertiary/aromatic N) is 2. The number of hydrogen-bond acceptors (Lipinski definition) is 6. The van der Waals surface area contributed by atoms with Crippen LogP contribution in [-0.2, 0) is 13.0 Å². The van der Waals surface area contributed by atoms with Crippen LogP contribution in [0.3, 0.4) is 0 Å². The van der Waals surface area contributed by atoms with Crippen LogP contribution in [0.25, 0.3) is 0 Å². The van der Waals surface area contributed by atoms with Crippen LogP contribution in [0, 0.1) is 0 Å². The summed E-state index contributed by atoms with van der Waals surface area (Å²) in [5, 5.41) is 5.89. The van der Waals surface area contributed by atoms with Gasteiger partial charge in [-0.1, -0.05) is 11.3 Å². The maximum Gasteiger partial charge on any atom is 0.268 e. The van der Waals surface area contributed by atoms with Gasteiger partial charge in [-0.2, -0.15) is 0 Å². The fourth-order valence-corrected chi connectivity index (χ4v) is 4.09. The van der Waals surface area contributed by atoms with Crippen LogP contribution in [0.5, 0.6) is 0 Å². The van der Waals surface area contributed by atoms with Crippen molar-refractivity contribution in [1.29, 1.82) is 0 Å².